The van der Waals surface area contributed by atoms with Crippen molar-refractivity contribution in [3.05, 3.63) is 35.9 Å². The first kappa shape index (κ1) is 28.0. The molecule has 0 heterocycles. The van der Waals surface area contributed by atoms with Crippen molar-refractivity contribution in [2.24, 2.45) is 11.5 Å². The number of hydrogen-bond donors (Lipinski definition) is 8. The van der Waals surface area contributed by atoms with Crippen LogP contribution in [0.15, 0.2) is 30.3 Å². The van der Waals surface area contributed by atoms with Crippen LogP contribution in [-0.4, -0.2) is 81.7 Å². The van der Waals surface area contributed by atoms with Crippen molar-refractivity contribution in [3.63, 3.8) is 0 Å². The Morgan fingerprint density at radius 3 is 1.82 bits per heavy atom. The molecule has 186 valence electrons. The van der Waals surface area contributed by atoms with Crippen LogP contribution in [0.4, 0.5) is 0 Å². The zero-order valence-electron chi connectivity index (χ0n) is 18.0. The van der Waals surface area contributed by atoms with E-state index in [-0.39, 0.29) is 6.42 Å². The second kappa shape index (κ2) is 13.5. The van der Waals surface area contributed by atoms with Gasteiger partial charge >= 0.3 is 11.9 Å². The van der Waals surface area contributed by atoms with Crippen LogP contribution < -0.4 is 27.4 Å². The normalized spacial score (nSPS) is 14.1. The van der Waals surface area contributed by atoms with E-state index >= 15 is 0 Å². The summed E-state index contributed by atoms with van der Waals surface area (Å²) in [4.78, 5) is 70.5. The molecule has 10 N–H and O–H groups in total. The quantitative estimate of drug-likeness (QED) is 0.130. The Morgan fingerprint density at radius 2 is 1.32 bits per heavy atom. The number of carboxylic acids is 2. The van der Waals surface area contributed by atoms with E-state index < -0.39 is 79.2 Å². The second-order valence-electron chi connectivity index (χ2n) is 7.27. The van der Waals surface area contributed by atoms with Gasteiger partial charge in [0.25, 0.3) is 0 Å². The number of nitrogens with two attached hydrogens (primary N) is 2. The highest BCUT2D eigenvalue weighted by atomic mass is 16.4. The molecule has 0 aliphatic rings. The first-order valence-electron chi connectivity index (χ1n) is 9.99. The highest BCUT2D eigenvalue weighted by Gasteiger charge is 2.31. The standard InChI is InChI=1S/C20H27N5O9/c21-11(6-10-4-2-1-3-5-10)17(30)25-14(9-26)19(32)23-12(7-15(22)27)18(31)24-13(20(33)34)8-16(28)29/h1-5,11-14,26H,6-9,21H2,(H2,22,27)(H,23,32)(H,24,31)(H,25,30)(H,28,29)(H,33,34). The molecule has 0 saturated heterocycles. The smallest absolute Gasteiger partial charge is 0.326 e. The maximum absolute atomic E-state index is 12.5. The summed E-state index contributed by atoms with van der Waals surface area (Å²) in [6.45, 7) is -0.892. The summed E-state index contributed by atoms with van der Waals surface area (Å²) < 4.78 is 0. The van der Waals surface area contributed by atoms with E-state index in [1.54, 1.807) is 30.3 Å². The molecule has 34 heavy (non-hydrogen) atoms. The van der Waals surface area contributed by atoms with Crippen molar-refractivity contribution in [1.29, 1.82) is 0 Å². The molecule has 4 amide bonds. The molecule has 1 rings (SSSR count). The Morgan fingerprint density at radius 1 is 0.794 bits per heavy atom. The van der Waals surface area contributed by atoms with E-state index in [9.17, 15) is 33.9 Å². The third kappa shape index (κ3) is 9.62. The third-order valence-corrected chi connectivity index (χ3v) is 4.48. The van der Waals surface area contributed by atoms with E-state index in [4.69, 9.17) is 21.7 Å². The van der Waals surface area contributed by atoms with E-state index in [2.05, 4.69) is 10.6 Å². The number of benzene rings is 1. The average Bonchev–Trinajstić information content (AvgIpc) is 2.76. The van der Waals surface area contributed by atoms with Crippen LogP contribution in [0.2, 0.25) is 0 Å². The number of aliphatic carboxylic acids is 2. The number of amides is 4. The first-order chi connectivity index (χ1) is 15.9. The predicted molar refractivity (Wildman–Crippen MR) is 115 cm³/mol. The van der Waals surface area contributed by atoms with E-state index in [0.29, 0.717) is 0 Å². The van der Waals surface area contributed by atoms with Crippen molar-refractivity contribution < 1.29 is 44.1 Å². The molecule has 0 aliphatic carbocycles. The molecule has 0 saturated carbocycles. The fraction of sp³-hybridized carbons (Fsp3) is 0.400. The molecular formula is C20H27N5O9. The van der Waals surface area contributed by atoms with Crippen LogP contribution >= 0.6 is 0 Å². The Balaban J connectivity index is 2.85. The summed E-state index contributed by atoms with van der Waals surface area (Å²) in [5.41, 5.74) is 11.7. The lowest BCUT2D eigenvalue weighted by Crippen LogP contribution is -2.58. The van der Waals surface area contributed by atoms with Crippen molar-refractivity contribution in [2.45, 2.75) is 43.4 Å². The molecule has 0 spiro atoms. The molecular weight excluding hydrogens is 454 g/mol. The molecule has 1 aromatic carbocycles. The second-order valence-corrected chi connectivity index (χ2v) is 7.27. The summed E-state index contributed by atoms with van der Waals surface area (Å²) in [6.07, 6.45) is -1.59. The minimum atomic E-state index is -1.85. The predicted octanol–water partition coefficient (Wildman–Crippen LogP) is -3.56. The first-order valence-corrected chi connectivity index (χ1v) is 9.99. The van der Waals surface area contributed by atoms with Gasteiger partial charge in [0.15, 0.2) is 0 Å². The van der Waals surface area contributed by atoms with Crippen LogP contribution in [0, 0.1) is 0 Å². The SMILES string of the molecule is NC(=O)CC(NC(=O)C(CO)NC(=O)C(N)Cc1ccccc1)C(=O)NC(CC(=O)O)C(=O)O. The van der Waals surface area contributed by atoms with Gasteiger partial charge in [0, 0.05) is 0 Å². The van der Waals surface area contributed by atoms with Crippen molar-refractivity contribution in [3.8, 4) is 0 Å². The minimum absolute atomic E-state index is 0.138. The largest absolute Gasteiger partial charge is 0.481 e. The number of primary amides is 1. The summed E-state index contributed by atoms with van der Waals surface area (Å²) in [6, 6.07) is 2.58. The van der Waals surface area contributed by atoms with E-state index in [1.807, 2.05) is 5.32 Å². The molecule has 0 radical (unpaired) electrons. The average molecular weight is 481 g/mol. The zero-order chi connectivity index (χ0) is 25.8. The molecule has 1 aromatic rings. The number of carbonyl (C=O) groups excluding carboxylic acids is 4. The Labute approximate surface area is 193 Å². The molecule has 14 nitrogen and oxygen atoms in total. The number of hydrogen-bond acceptors (Lipinski definition) is 8. The zero-order valence-corrected chi connectivity index (χ0v) is 18.0. The Hall–Kier alpha value is -4.04. The topological polar surface area (TPSA) is 251 Å². The number of carboxylic acid groups (broad SMARTS) is 2. The molecule has 0 aliphatic heterocycles. The van der Waals surface area contributed by atoms with Crippen LogP contribution in [0.3, 0.4) is 0 Å². The van der Waals surface area contributed by atoms with Gasteiger partial charge in [0.1, 0.15) is 18.1 Å². The fourth-order valence-corrected chi connectivity index (χ4v) is 2.76. The van der Waals surface area contributed by atoms with Gasteiger partial charge in [-0.15, -0.1) is 0 Å². The third-order valence-electron chi connectivity index (χ3n) is 4.48. The minimum Gasteiger partial charge on any atom is -0.481 e. The van der Waals surface area contributed by atoms with Gasteiger partial charge in [0.05, 0.1) is 25.5 Å². The number of carbonyl (C=O) groups is 6. The summed E-state index contributed by atoms with van der Waals surface area (Å²) >= 11 is 0. The van der Waals surface area contributed by atoms with E-state index in [0.717, 1.165) is 5.56 Å². The number of nitrogens with one attached hydrogen (secondary N) is 3. The maximum atomic E-state index is 12.5. The van der Waals surface area contributed by atoms with Crippen molar-refractivity contribution in [2.75, 3.05) is 6.61 Å². The number of aliphatic hydroxyl groups excluding tert-OH is 1. The summed E-state index contributed by atoms with van der Waals surface area (Å²) in [5, 5.41) is 33.5. The summed E-state index contributed by atoms with van der Waals surface area (Å²) in [5.74, 6) is -7.29. The molecule has 0 fully saturated rings. The Bertz CT molecular complexity index is 909. The lowest BCUT2D eigenvalue weighted by molar-refractivity contribution is -0.147. The Kier molecular flexibility index (Phi) is 11.1. The van der Waals surface area contributed by atoms with Gasteiger partial charge in [0.2, 0.25) is 23.6 Å². The van der Waals surface area contributed by atoms with Crippen molar-refractivity contribution >= 4 is 35.6 Å². The van der Waals surface area contributed by atoms with Crippen LogP contribution in [-0.2, 0) is 35.2 Å². The fourth-order valence-electron chi connectivity index (χ4n) is 2.76. The molecule has 4 atom stereocenters. The summed E-state index contributed by atoms with van der Waals surface area (Å²) in [7, 11) is 0. The number of aliphatic hydroxyl groups is 1. The van der Waals surface area contributed by atoms with Gasteiger partial charge in [-0.3, -0.25) is 24.0 Å². The monoisotopic (exact) mass is 481 g/mol. The van der Waals surface area contributed by atoms with Gasteiger partial charge in [-0.05, 0) is 12.0 Å². The van der Waals surface area contributed by atoms with Gasteiger partial charge < -0.3 is 42.7 Å². The van der Waals surface area contributed by atoms with Gasteiger partial charge in [-0.1, -0.05) is 30.3 Å². The molecule has 4 unspecified atom stereocenters. The van der Waals surface area contributed by atoms with Gasteiger partial charge in [-0.2, -0.15) is 0 Å². The van der Waals surface area contributed by atoms with Crippen molar-refractivity contribution in [1.82, 2.24) is 16.0 Å². The van der Waals surface area contributed by atoms with Crippen LogP contribution in [0.1, 0.15) is 18.4 Å². The lowest BCUT2D eigenvalue weighted by atomic mass is 10.1. The molecule has 14 heteroatoms. The number of rotatable bonds is 14. The molecule has 0 bridgehead atoms. The van der Waals surface area contributed by atoms with Crippen LogP contribution in [0.25, 0.3) is 0 Å². The van der Waals surface area contributed by atoms with Crippen LogP contribution in [0.5, 0.6) is 0 Å². The van der Waals surface area contributed by atoms with Gasteiger partial charge in [-0.25, -0.2) is 4.79 Å². The highest BCUT2D eigenvalue weighted by molar-refractivity contribution is 5.96. The van der Waals surface area contributed by atoms with E-state index in [1.165, 1.54) is 0 Å². The molecule has 0 aromatic heterocycles. The maximum Gasteiger partial charge on any atom is 0.326 e. The highest BCUT2D eigenvalue weighted by Crippen LogP contribution is 2.03. The lowest BCUT2D eigenvalue weighted by Gasteiger charge is -2.23.